The first-order valence-electron chi connectivity index (χ1n) is 8.29. The third-order valence-corrected chi connectivity index (χ3v) is 4.22. The summed E-state index contributed by atoms with van der Waals surface area (Å²) >= 11 is 0. The standard InChI is InChI=1S/C20H22N2O2/c1-14-9-10-16(15(2)12-14)6-5-11-21-20(23)13-18-17-7-3-4-8-19(17)24-22-18/h3-4,7-10,12H,5-6,11,13H2,1-2H3,(H,21,23). The van der Waals surface area contributed by atoms with Gasteiger partial charge in [0.2, 0.25) is 5.91 Å². The second-order valence-corrected chi connectivity index (χ2v) is 6.19. The zero-order chi connectivity index (χ0) is 16.9. The van der Waals surface area contributed by atoms with Crippen LogP contribution in [-0.4, -0.2) is 17.6 Å². The molecule has 0 bridgehead atoms. The number of aryl methyl sites for hydroxylation is 3. The maximum absolute atomic E-state index is 12.1. The van der Waals surface area contributed by atoms with Gasteiger partial charge in [-0.05, 0) is 49.9 Å². The second-order valence-electron chi connectivity index (χ2n) is 6.19. The molecule has 0 radical (unpaired) electrons. The van der Waals surface area contributed by atoms with Crippen molar-refractivity contribution in [1.29, 1.82) is 0 Å². The Kier molecular flexibility index (Phi) is 4.94. The number of rotatable bonds is 6. The van der Waals surface area contributed by atoms with Crippen LogP contribution in [0, 0.1) is 13.8 Å². The molecule has 0 spiro atoms. The maximum Gasteiger partial charge on any atom is 0.226 e. The lowest BCUT2D eigenvalue weighted by atomic mass is 10.0. The summed E-state index contributed by atoms with van der Waals surface area (Å²) in [7, 11) is 0. The third kappa shape index (κ3) is 3.82. The van der Waals surface area contributed by atoms with Crippen molar-refractivity contribution >= 4 is 16.9 Å². The molecule has 1 aromatic heterocycles. The van der Waals surface area contributed by atoms with E-state index in [4.69, 9.17) is 4.52 Å². The summed E-state index contributed by atoms with van der Waals surface area (Å²) < 4.78 is 5.23. The van der Waals surface area contributed by atoms with E-state index < -0.39 is 0 Å². The average molecular weight is 322 g/mol. The highest BCUT2D eigenvalue weighted by Crippen LogP contribution is 2.18. The second kappa shape index (κ2) is 7.30. The molecule has 124 valence electrons. The lowest BCUT2D eigenvalue weighted by Gasteiger charge is -2.08. The molecule has 1 N–H and O–H groups in total. The molecule has 0 aliphatic heterocycles. The van der Waals surface area contributed by atoms with Gasteiger partial charge in [-0.2, -0.15) is 0 Å². The van der Waals surface area contributed by atoms with E-state index in [0.717, 1.165) is 23.8 Å². The number of hydrogen-bond acceptors (Lipinski definition) is 3. The van der Waals surface area contributed by atoms with Gasteiger partial charge in [-0.15, -0.1) is 0 Å². The van der Waals surface area contributed by atoms with E-state index >= 15 is 0 Å². The van der Waals surface area contributed by atoms with Gasteiger partial charge in [0.1, 0.15) is 5.69 Å². The minimum Gasteiger partial charge on any atom is -0.356 e. The number of benzene rings is 2. The molecule has 24 heavy (non-hydrogen) atoms. The van der Waals surface area contributed by atoms with E-state index in [1.165, 1.54) is 16.7 Å². The van der Waals surface area contributed by atoms with Gasteiger partial charge in [0.25, 0.3) is 0 Å². The maximum atomic E-state index is 12.1. The van der Waals surface area contributed by atoms with Crippen LogP contribution in [0.1, 0.15) is 28.8 Å². The summed E-state index contributed by atoms with van der Waals surface area (Å²) in [5.74, 6) is -0.0188. The average Bonchev–Trinajstić information content (AvgIpc) is 2.96. The number of aromatic nitrogens is 1. The Morgan fingerprint density at radius 2 is 2.00 bits per heavy atom. The minimum absolute atomic E-state index is 0.0188. The Hall–Kier alpha value is -2.62. The molecule has 3 rings (SSSR count). The first kappa shape index (κ1) is 16.2. The molecule has 1 amide bonds. The van der Waals surface area contributed by atoms with Crippen molar-refractivity contribution in [2.24, 2.45) is 0 Å². The van der Waals surface area contributed by atoms with Crippen LogP contribution in [-0.2, 0) is 17.6 Å². The van der Waals surface area contributed by atoms with Gasteiger partial charge >= 0.3 is 0 Å². The Morgan fingerprint density at radius 1 is 1.17 bits per heavy atom. The lowest BCUT2D eigenvalue weighted by Crippen LogP contribution is -2.26. The fourth-order valence-corrected chi connectivity index (χ4v) is 2.91. The number of para-hydroxylation sites is 1. The fourth-order valence-electron chi connectivity index (χ4n) is 2.91. The van der Waals surface area contributed by atoms with E-state index in [2.05, 4.69) is 42.5 Å². The van der Waals surface area contributed by atoms with Gasteiger partial charge in [-0.25, -0.2) is 0 Å². The summed E-state index contributed by atoms with van der Waals surface area (Å²) in [6, 6.07) is 14.1. The summed E-state index contributed by atoms with van der Waals surface area (Å²) in [4.78, 5) is 12.1. The van der Waals surface area contributed by atoms with E-state index in [1.54, 1.807) is 0 Å². The molecule has 0 fully saturated rings. The van der Waals surface area contributed by atoms with Crippen LogP contribution in [0.25, 0.3) is 11.0 Å². The molecule has 0 saturated heterocycles. The van der Waals surface area contributed by atoms with Crippen LogP contribution in [0.2, 0.25) is 0 Å². The molecular weight excluding hydrogens is 300 g/mol. The number of hydrogen-bond donors (Lipinski definition) is 1. The quantitative estimate of drug-likeness (QED) is 0.703. The zero-order valence-corrected chi connectivity index (χ0v) is 14.1. The predicted octanol–water partition coefficient (Wildman–Crippen LogP) is 3.74. The number of carbonyl (C=O) groups excluding carboxylic acids is 1. The number of fused-ring (bicyclic) bond motifs is 1. The van der Waals surface area contributed by atoms with E-state index in [0.29, 0.717) is 12.2 Å². The van der Waals surface area contributed by atoms with Crippen molar-refractivity contribution in [1.82, 2.24) is 10.5 Å². The topological polar surface area (TPSA) is 55.1 Å². The number of carbonyl (C=O) groups is 1. The highest BCUT2D eigenvalue weighted by molar-refractivity contribution is 5.86. The Bertz CT molecular complexity index is 852. The number of nitrogens with one attached hydrogen (secondary N) is 1. The van der Waals surface area contributed by atoms with Crippen molar-refractivity contribution in [3.8, 4) is 0 Å². The fraction of sp³-hybridized carbons (Fsp3) is 0.300. The van der Waals surface area contributed by atoms with Crippen LogP contribution in [0.5, 0.6) is 0 Å². The Labute approximate surface area is 141 Å². The summed E-state index contributed by atoms with van der Waals surface area (Å²) in [5, 5.41) is 7.87. The summed E-state index contributed by atoms with van der Waals surface area (Å²) in [6.45, 7) is 4.91. The minimum atomic E-state index is -0.0188. The van der Waals surface area contributed by atoms with E-state index in [1.807, 2.05) is 24.3 Å². The zero-order valence-electron chi connectivity index (χ0n) is 14.1. The molecule has 0 aliphatic carbocycles. The van der Waals surface area contributed by atoms with Gasteiger partial charge < -0.3 is 9.84 Å². The Balaban J connectivity index is 1.47. The van der Waals surface area contributed by atoms with Crippen LogP contribution >= 0.6 is 0 Å². The summed E-state index contributed by atoms with van der Waals surface area (Å²) in [6.07, 6.45) is 2.15. The van der Waals surface area contributed by atoms with Crippen LogP contribution in [0.15, 0.2) is 47.0 Å². The molecule has 2 aromatic carbocycles. The van der Waals surface area contributed by atoms with Crippen molar-refractivity contribution < 1.29 is 9.32 Å². The highest BCUT2D eigenvalue weighted by Gasteiger charge is 2.11. The van der Waals surface area contributed by atoms with Crippen molar-refractivity contribution in [2.75, 3.05) is 6.54 Å². The van der Waals surface area contributed by atoms with Crippen molar-refractivity contribution in [3.05, 3.63) is 64.8 Å². The first-order valence-corrected chi connectivity index (χ1v) is 8.29. The van der Waals surface area contributed by atoms with Gasteiger partial charge in [0.05, 0.1) is 6.42 Å². The predicted molar refractivity (Wildman–Crippen MR) is 95.0 cm³/mol. The molecule has 4 nitrogen and oxygen atoms in total. The lowest BCUT2D eigenvalue weighted by molar-refractivity contribution is -0.120. The number of nitrogens with zero attached hydrogens (tertiary/aromatic N) is 1. The monoisotopic (exact) mass is 322 g/mol. The SMILES string of the molecule is Cc1ccc(CCCNC(=O)Cc2noc3ccccc23)c(C)c1. The molecule has 0 atom stereocenters. The van der Waals surface area contributed by atoms with E-state index in [-0.39, 0.29) is 12.3 Å². The molecule has 4 heteroatoms. The highest BCUT2D eigenvalue weighted by atomic mass is 16.5. The van der Waals surface area contributed by atoms with Crippen LogP contribution in [0.3, 0.4) is 0 Å². The molecule has 0 unspecified atom stereocenters. The van der Waals surface area contributed by atoms with Gasteiger partial charge in [-0.1, -0.05) is 41.1 Å². The summed E-state index contributed by atoms with van der Waals surface area (Å²) in [5.41, 5.74) is 5.35. The van der Waals surface area contributed by atoms with Gasteiger partial charge in [-0.3, -0.25) is 4.79 Å². The van der Waals surface area contributed by atoms with Crippen LogP contribution in [0.4, 0.5) is 0 Å². The molecule has 1 heterocycles. The van der Waals surface area contributed by atoms with Crippen molar-refractivity contribution in [3.63, 3.8) is 0 Å². The largest absolute Gasteiger partial charge is 0.356 e. The van der Waals surface area contributed by atoms with E-state index in [9.17, 15) is 4.79 Å². The Morgan fingerprint density at radius 3 is 2.83 bits per heavy atom. The van der Waals surface area contributed by atoms with Gasteiger partial charge in [0, 0.05) is 11.9 Å². The van der Waals surface area contributed by atoms with Crippen molar-refractivity contribution in [2.45, 2.75) is 33.1 Å². The van der Waals surface area contributed by atoms with Gasteiger partial charge in [0.15, 0.2) is 5.58 Å². The third-order valence-electron chi connectivity index (χ3n) is 4.22. The normalized spacial score (nSPS) is 10.9. The first-order chi connectivity index (χ1) is 11.6. The smallest absolute Gasteiger partial charge is 0.226 e. The number of amides is 1. The van der Waals surface area contributed by atoms with Crippen LogP contribution < -0.4 is 5.32 Å². The molecule has 0 aliphatic rings. The molecule has 3 aromatic rings. The molecular formula is C20H22N2O2. The molecule has 0 saturated carbocycles.